The predicted molar refractivity (Wildman–Crippen MR) is 104 cm³/mol. The molecule has 0 N–H and O–H groups in total. The molecule has 5 nitrogen and oxygen atoms in total. The Labute approximate surface area is 159 Å². The number of rotatable bonds is 5. The fraction of sp³-hybridized carbons (Fsp3) is 0.318. The topological polar surface area (TPSA) is 57.9 Å². The highest BCUT2D eigenvalue weighted by molar-refractivity contribution is 6.04. The molecule has 0 fully saturated rings. The lowest BCUT2D eigenvalue weighted by Gasteiger charge is -2.11. The number of carbonyl (C=O) groups excluding carboxylic acids is 1. The number of carbonyl (C=O) groups is 1. The van der Waals surface area contributed by atoms with Gasteiger partial charge in [0, 0.05) is 0 Å². The standard InChI is InChI=1S/C22H24O5/c1-6-25-19-11-16(15-8-9-17(23)18(10-15)24-5)12-20(26-7-2)22-14(4)27-13(3)21(19)22/h8-12H,6-7H2,1-5H3. The van der Waals surface area contributed by atoms with Crippen LogP contribution >= 0.6 is 0 Å². The number of furan rings is 1. The van der Waals surface area contributed by atoms with E-state index in [4.69, 9.17) is 18.6 Å². The summed E-state index contributed by atoms with van der Waals surface area (Å²) >= 11 is 0. The molecule has 27 heavy (non-hydrogen) atoms. The number of ketones is 1. The second-order valence-electron chi connectivity index (χ2n) is 6.17. The molecule has 1 aromatic rings. The second kappa shape index (κ2) is 7.74. The number of methoxy groups -OCH3 is 1. The van der Waals surface area contributed by atoms with E-state index >= 15 is 0 Å². The van der Waals surface area contributed by atoms with Crippen LogP contribution in [0.2, 0.25) is 0 Å². The number of allylic oxidation sites excluding steroid dienone is 7. The molecule has 2 aliphatic rings. The van der Waals surface area contributed by atoms with Crippen LogP contribution in [0.25, 0.3) is 11.5 Å². The first-order valence-corrected chi connectivity index (χ1v) is 9.02. The van der Waals surface area contributed by atoms with E-state index in [0.717, 1.165) is 33.8 Å². The highest BCUT2D eigenvalue weighted by Crippen LogP contribution is 2.39. The molecule has 142 valence electrons. The molecule has 0 radical (unpaired) electrons. The normalized spacial score (nSPS) is 16.3. The fourth-order valence-corrected chi connectivity index (χ4v) is 3.30. The van der Waals surface area contributed by atoms with Gasteiger partial charge < -0.3 is 18.6 Å². The van der Waals surface area contributed by atoms with Crippen molar-refractivity contribution in [3.63, 3.8) is 0 Å². The lowest BCUT2D eigenvalue weighted by molar-refractivity contribution is -0.114. The Kier molecular flexibility index (Phi) is 5.40. The summed E-state index contributed by atoms with van der Waals surface area (Å²) in [7, 11) is 1.49. The van der Waals surface area contributed by atoms with Gasteiger partial charge in [-0.1, -0.05) is 6.08 Å². The second-order valence-corrected chi connectivity index (χ2v) is 6.17. The van der Waals surface area contributed by atoms with Gasteiger partial charge in [-0.3, -0.25) is 4.79 Å². The van der Waals surface area contributed by atoms with Crippen LogP contribution in [0.1, 0.15) is 36.5 Å². The monoisotopic (exact) mass is 368 g/mol. The molecule has 0 spiro atoms. The van der Waals surface area contributed by atoms with E-state index in [1.54, 1.807) is 12.2 Å². The van der Waals surface area contributed by atoms with Gasteiger partial charge in [-0.2, -0.15) is 0 Å². The molecule has 0 saturated carbocycles. The molecule has 0 unspecified atom stereocenters. The van der Waals surface area contributed by atoms with E-state index < -0.39 is 0 Å². The predicted octanol–water partition coefficient (Wildman–Crippen LogP) is 4.63. The first-order chi connectivity index (χ1) is 13.0. The van der Waals surface area contributed by atoms with Gasteiger partial charge in [-0.05, 0) is 63.1 Å². The average molecular weight is 368 g/mol. The maximum atomic E-state index is 11.9. The molecule has 1 aromatic heterocycles. The van der Waals surface area contributed by atoms with E-state index in [1.807, 2.05) is 39.8 Å². The highest BCUT2D eigenvalue weighted by atomic mass is 16.5. The molecule has 0 amide bonds. The van der Waals surface area contributed by atoms with Gasteiger partial charge in [0.2, 0.25) is 5.78 Å². The third-order valence-electron chi connectivity index (χ3n) is 4.42. The molecule has 0 saturated heterocycles. The molecule has 3 rings (SSSR count). The van der Waals surface area contributed by atoms with E-state index in [9.17, 15) is 4.79 Å². The third-order valence-corrected chi connectivity index (χ3v) is 4.42. The van der Waals surface area contributed by atoms with Crippen molar-refractivity contribution in [3.8, 4) is 0 Å². The van der Waals surface area contributed by atoms with Crippen molar-refractivity contribution in [3.05, 3.63) is 69.9 Å². The SMILES string of the molecule is CCOC1=CC(=C2C=CC(=O)C(OC)=C2)C=C(OCC)c2c(C)oc(C)c21. The van der Waals surface area contributed by atoms with E-state index in [2.05, 4.69) is 0 Å². The molecular formula is C22H24O5. The van der Waals surface area contributed by atoms with E-state index in [-0.39, 0.29) is 5.78 Å². The largest absolute Gasteiger partial charge is 0.493 e. The molecule has 0 aromatic carbocycles. The number of aryl methyl sites for hydroxylation is 2. The van der Waals surface area contributed by atoms with E-state index in [1.165, 1.54) is 13.2 Å². The van der Waals surface area contributed by atoms with Gasteiger partial charge >= 0.3 is 0 Å². The summed E-state index contributed by atoms with van der Waals surface area (Å²) in [6, 6.07) is 0. The van der Waals surface area contributed by atoms with Crippen molar-refractivity contribution in [2.75, 3.05) is 20.3 Å². The van der Waals surface area contributed by atoms with Crippen LogP contribution in [-0.4, -0.2) is 26.1 Å². The minimum Gasteiger partial charge on any atom is -0.493 e. The molecule has 0 aliphatic heterocycles. The summed E-state index contributed by atoms with van der Waals surface area (Å²) in [5.41, 5.74) is 3.52. The molecule has 0 atom stereocenters. The smallest absolute Gasteiger partial charge is 0.220 e. The lowest BCUT2D eigenvalue weighted by atomic mass is 10.0. The zero-order valence-electron chi connectivity index (χ0n) is 16.3. The van der Waals surface area contributed by atoms with Crippen molar-refractivity contribution < 1.29 is 23.4 Å². The summed E-state index contributed by atoms with van der Waals surface area (Å²) in [4.78, 5) is 11.9. The van der Waals surface area contributed by atoms with Crippen LogP contribution in [0, 0.1) is 13.8 Å². The lowest BCUT2D eigenvalue weighted by Crippen LogP contribution is -2.05. The molecule has 2 aliphatic carbocycles. The molecular weight excluding hydrogens is 344 g/mol. The Morgan fingerprint density at radius 2 is 1.33 bits per heavy atom. The van der Waals surface area contributed by atoms with Crippen molar-refractivity contribution in [1.82, 2.24) is 0 Å². The minimum atomic E-state index is -0.152. The molecule has 0 bridgehead atoms. The van der Waals surface area contributed by atoms with Crippen molar-refractivity contribution in [1.29, 1.82) is 0 Å². The Morgan fingerprint density at radius 1 is 0.815 bits per heavy atom. The van der Waals surface area contributed by atoms with Gasteiger partial charge in [0.15, 0.2) is 5.76 Å². The summed E-state index contributed by atoms with van der Waals surface area (Å²) in [5, 5.41) is 0. The summed E-state index contributed by atoms with van der Waals surface area (Å²) in [6.45, 7) is 8.77. The van der Waals surface area contributed by atoms with Crippen molar-refractivity contribution in [2.24, 2.45) is 0 Å². The fourth-order valence-electron chi connectivity index (χ4n) is 3.30. The van der Waals surface area contributed by atoms with Crippen LogP contribution < -0.4 is 0 Å². The maximum Gasteiger partial charge on any atom is 0.220 e. The van der Waals surface area contributed by atoms with E-state index in [0.29, 0.717) is 30.5 Å². The van der Waals surface area contributed by atoms with Crippen molar-refractivity contribution >= 4 is 17.3 Å². The first kappa shape index (κ1) is 18.8. The van der Waals surface area contributed by atoms with Crippen LogP contribution in [0.5, 0.6) is 0 Å². The Bertz CT molecular complexity index is 872. The average Bonchev–Trinajstić information content (AvgIpc) is 2.83. The van der Waals surface area contributed by atoms with Crippen LogP contribution in [0.15, 0.2) is 51.7 Å². The van der Waals surface area contributed by atoms with Gasteiger partial charge in [-0.15, -0.1) is 0 Å². The minimum absolute atomic E-state index is 0.152. The Morgan fingerprint density at radius 3 is 1.81 bits per heavy atom. The van der Waals surface area contributed by atoms with Crippen molar-refractivity contribution in [2.45, 2.75) is 27.7 Å². The summed E-state index contributed by atoms with van der Waals surface area (Å²) in [5.74, 6) is 3.14. The third kappa shape index (κ3) is 3.50. The van der Waals surface area contributed by atoms with Gasteiger partial charge in [0.05, 0.1) is 31.5 Å². The van der Waals surface area contributed by atoms with Crippen LogP contribution in [0.3, 0.4) is 0 Å². The van der Waals surface area contributed by atoms with Crippen LogP contribution in [-0.2, 0) is 19.0 Å². The van der Waals surface area contributed by atoms with Gasteiger partial charge in [0.1, 0.15) is 23.0 Å². The quantitative estimate of drug-likeness (QED) is 0.758. The molecule has 1 heterocycles. The maximum absolute atomic E-state index is 11.9. The number of hydrogen-bond acceptors (Lipinski definition) is 5. The van der Waals surface area contributed by atoms with Gasteiger partial charge in [-0.25, -0.2) is 0 Å². The zero-order chi connectivity index (χ0) is 19.6. The number of fused-ring (bicyclic) bond motifs is 1. The Balaban J connectivity index is 2.27. The summed E-state index contributed by atoms with van der Waals surface area (Å²) in [6.07, 6.45) is 8.93. The molecule has 5 heteroatoms. The van der Waals surface area contributed by atoms with Crippen LogP contribution in [0.4, 0.5) is 0 Å². The number of ether oxygens (including phenoxy) is 3. The number of hydrogen-bond donors (Lipinski definition) is 0. The first-order valence-electron chi connectivity index (χ1n) is 9.02. The van der Waals surface area contributed by atoms with Gasteiger partial charge in [0.25, 0.3) is 0 Å². The Hall–Kier alpha value is -2.95. The summed E-state index contributed by atoms with van der Waals surface area (Å²) < 4.78 is 22.9. The highest BCUT2D eigenvalue weighted by Gasteiger charge is 2.27. The zero-order valence-corrected chi connectivity index (χ0v) is 16.3.